The molecule has 1 saturated heterocycles. The van der Waals surface area contributed by atoms with E-state index in [9.17, 15) is 9.59 Å². The Morgan fingerprint density at radius 2 is 2.05 bits per heavy atom. The zero-order valence-corrected chi connectivity index (χ0v) is 11.4. The first kappa shape index (κ1) is 14.6. The van der Waals surface area contributed by atoms with Gasteiger partial charge in [0.15, 0.2) is 5.76 Å². The van der Waals surface area contributed by atoms with Crippen molar-refractivity contribution in [1.29, 1.82) is 0 Å². The van der Waals surface area contributed by atoms with E-state index in [-0.39, 0.29) is 18.9 Å². The highest BCUT2D eigenvalue weighted by atomic mass is 16.4. The van der Waals surface area contributed by atoms with E-state index in [0.717, 1.165) is 12.8 Å². The fraction of sp³-hybridized carbons (Fsp3) is 0.571. The third-order valence-corrected chi connectivity index (χ3v) is 3.74. The maximum atomic E-state index is 12.2. The van der Waals surface area contributed by atoms with Crippen molar-refractivity contribution in [2.75, 3.05) is 13.1 Å². The third-order valence-electron chi connectivity index (χ3n) is 3.74. The number of carboxylic acids is 1. The largest absolute Gasteiger partial charge is 0.481 e. The van der Waals surface area contributed by atoms with Crippen molar-refractivity contribution in [3.8, 4) is 0 Å². The third kappa shape index (κ3) is 3.60. The first-order valence-electron chi connectivity index (χ1n) is 6.90. The van der Waals surface area contributed by atoms with Gasteiger partial charge < -0.3 is 20.2 Å². The van der Waals surface area contributed by atoms with Crippen LogP contribution in [0.1, 0.15) is 42.0 Å². The topological polar surface area (TPSA) is 96.8 Å². The number of hydrogen-bond acceptors (Lipinski definition) is 4. The molecule has 20 heavy (non-hydrogen) atoms. The van der Waals surface area contributed by atoms with Gasteiger partial charge in [-0.25, -0.2) is 0 Å². The zero-order valence-electron chi connectivity index (χ0n) is 11.4. The summed E-state index contributed by atoms with van der Waals surface area (Å²) in [6.07, 6.45) is 2.60. The molecule has 1 amide bonds. The molecule has 0 radical (unpaired) electrons. The van der Waals surface area contributed by atoms with Crippen LogP contribution in [0, 0.1) is 5.92 Å². The highest BCUT2D eigenvalue weighted by Gasteiger charge is 2.25. The molecule has 1 aliphatic heterocycles. The van der Waals surface area contributed by atoms with Crippen molar-refractivity contribution in [3.63, 3.8) is 0 Å². The molecule has 2 rings (SSSR count). The maximum absolute atomic E-state index is 12.2. The number of rotatable bonds is 5. The van der Waals surface area contributed by atoms with Crippen LogP contribution < -0.4 is 5.73 Å². The van der Waals surface area contributed by atoms with Crippen LogP contribution in [-0.2, 0) is 11.3 Å². The summed E-state index contributed by atoms with van der Waals surface area (Å²) in [5.74, 6) is 0.459. The molecule has 0 spiro atoms. The van der Waals surface area contributed by atoms with E-state index < -0.39 is 5.97 Å². The number of carbonyl (C=O) groups excluding carboxylic acids is 1. The van der Waals surface area contributed by atoms with Gasteiger partial charge in [0.25, 0.3) is 5.91 Å². The number of carbonyl (C=O) groups is 2. The van der Waals surface area contributed by atoms with Gasteiger partial charge in [0, 0.05) is 19.5 Å². The molecule has 1 fully saturated rings. The van der Waals surface area contributed by atoms with Crippen molar-refractivity contribution >= 4 is 11.9 Å². The molecule has 0 aliphatic carbocycles. The first-order chi connectivity index (χ1) is 9.60. The molecule has 0 aromatic carbocycles. The van der Waals surface area contributed by atoms with Crippen LogP contribution in [0.3, 0.4) is 0 Å². The molecule has 1 aromatic rings. The van der Waals surface area contributed by atoms with E-state index in [1.165, 1.54) is 0 Å². The van der Waals surface area contributed by atoms with Gasteiger partial charge >= 0.3 is 5.97 Å². The number of aliphatic carboxylic acids is 1. The fourth-order valence-corrected chi connectivity index (χ4v) is 2.51. The lowest BCUT2D eigenvalue weighted by molar-refractivity contribution is -0.137. The number of furan rings is 1. The molecule has 1 aliphatic rings. The minimum absolute atomic E-state index is 0.110. The molecular weight excluding hydrogens is 260 g/mol. The van der Waals surface area contributed by atoms with E-state index >= 15 is 0 Å². The zero-order chi connectivity index (χ0) is 14.5. The molecule has 0 atom stereocenters. The van der Waals surface area contributed by atoms with Gasteiger partial charge in [0.1, 0.15) is 5.76 Å². The van der Waals surface area contributed by atoms with E-state index in [1.807, 2.05) is 0 Å². The van der Waals surface area contributed by atoms with E-state index in [1.54, 1.807) is 17.0 Å². The highest BCUT2D eigenvalue weighted by Crippen LogP contribution is 2.23. The summed E-state index contributed by atoms with van der Waals surface area (Å²) in [7, 11) is 0. The van der Waals surface area contributed by atoms with Crippen molar-refractivity contribution in [2.24, 2.45) is 11.7 Å². The second-order valence-corrected chi connectivity index (χ2v) is 5.14. The normalized spacial score (nSPS) is 16.4. The fourth-order valence-electron chi connectivity index (χ4n) is 2.51. The lowest BCUT2D eigenvalue weighted by Crippen LogP contribution is -2.38. The van der Waals surface area contributed by atoms with Crippen LogP contribution >= 0.6 is 0 Å². The average Bonchev–Trinajstić information content (AvgIpc) is 2.94. The summed E-state index contributed by atoms with van der Waals surface area (Å²) in [5, 5.41) is 8.67. The second-order valence-electron chi connectivity index (χ2n) is 5.14. The van der Waals surface area contributed by atoms with Crippen LogP contribution in [0.2, 0.25) is 0 Å². The van der Waals surface area contributed by atoms with Crippen molar-refractivity contribution in [1.82, 2.24) is 4.90 Å². The Hall–Kier alpha value is -1.82. The maximum Gasteiger partial charge on any atom is 0.303 e. The monoisotopic (exact) mass is 280 g/mol. The number of amides is 1. The molecule has 6 nitrogen and oxygen atoms in total. The Morgan fingerprint density at radius 3 is 2.60 bits per heavy atom. The summed E-state index contributed by atoms with van der Waals surface area (Å²) in [6, 6.07) is 3.37. The van der Waals surface area contributed by atoms with Gasteiger partial charge in [-0.2, -0.15) is 0 Å². The van der Waals surface area contributed by atoms with E-state index in [4.69, 9.17) is 15.3 Å². The lowest BCUT2D eigenvalue weighted by atomic mass is 9.92. The lowest BCUT2D eigenvalue weighted by Gasteiger charge is -2.31. The Kier molecular flexibility index (Phi) is 4.79. The number of carboxylic acid groups (broad SMARTS) is 1. The molecule has 110 valence electrons. The molecule has 0 unspecified atom stereocenters. The Balaban J connectivity index is 1.84. The van der Waals surface area contributed by atoms with Crippen LogP contribution in [0.4, 0.5) is 0 Å². The first-order valence-corrected chi connectivity index (χ1v) is 6.90. The molecule has 1 aromatic heterocycles. The van der Waals surface area contributed by atoms with E-state index in [2.05, 4.69) is 0 Å². The number of hydrogen-bond donors (Lipinski definition) is 2. The van der Waals surface area contributed by atoms with Gasteiger partial charge in [-0.3, -0.25) is 9.59 Å². The predicted molar refractivity (Wildman–Crippen MR) is 72.1 cm³/mol. The second kappa shape index (κ2) is 6.56. The van der Waals surface area contributed by atoms with Crippen LogP contribution in [0.5, 0.6) is 0 Å². The standard InChI is InChI=1S/C14H20N2O4/c15-9-11-2-3-12(20-11)14(19)16-7-5-10(6-8-16)1-4-13(17)18/h2-3,10H,1,4-9,15H2,(H,17,18). The van der Waals surface area contributed by atoms with Crippen LogP contribution in [0.25, 0.3) is 0 Å². The minimum Gasteiger partial charge on any atom is -0.481 e. The van der Waals surface area contributed by atoms with Crippen molar-refractivity contribution in [3.05, 3.63) is 23.7 Å². The predicted octanol–water partition coefficient (Wildman–Crippen LogP) is 1.46. The minimum atomic E-state index is -0.756. The number of nitrogens with zero attached hydrogens (tertiary/aromatic N) is 1. The Labute approximate surface area is 117 Å². The summed E-state index contributed by atoms with van der Waals surface area (Å²) < 4.78 is 5.36. The van der Waals surface area contributed by atoms with Gasteiger partial charge in [0.2, 0.25) is 0 Å². The van der Waals surface area contributed by atoms with Gasteiger partial charge in [-0.1, -0.05) is 0 Å². The van der Waals surface area contributed by atoms with Gasteiger partial charge in [-0.05, 0) is 37.3 Å². The molecule has 6 heteroatoms. The Bertz CT molecular complexity index is 475. The quantitative estimate of drug-likeness (QED) is 0.851. The number of nitrogens with two attached hydrogens (primary N) is 1. The SMILES string of the molecule is NCc1ccc(C(=O)N2CCC(CCC(=O)O)CC2)o1. The summed E-state index contributed by atoms with van der Waals surface area (Å²) in [6.45, 7) is 1.59. The molecule has 0 saturated carbocycles. The van der Waals surface area contributed by atoms with Crippen molar-refractivity contribution in [2.45, 2.75) is 32.2 Å². The van der Waals surface area contributed by atoms with Gasteiger partial charge in [0.05, 0.1) is 6.54 Å². The van der Waals surface area contributed by atoms with Crippen molar-refractivity contribution < 1.29 is 19.1 Å². The molecule has 2 heterocycles. The smallest absolute Gasteiger partial charge is 0.303 e. The number of likely N-dealkylation sites (tertiary alicyclic amines) is 1. The van der Waals surface area contributed by atoms with Gasteiger partial charge in [-0.15, -0.1) is 0 Å². The molecule has 3 N–H and O–H groups in total. The average molecular weight is 280 g/mol. The van der Waals surface area contributed by atoms with Crippen LogP contribution in [0.15, 0.2) is 16.5 Å². The molecular formula is C14H20N2O4. The summed E-state index contributed by atoms with van der Waals surface area (Å²) in [4.78, 5) is 24.5. The van der Waals surface area contributed by atoms with Crippen LogP contribution in [-0.4, -0.2) is 35.0 Å². The highest BCUT2D eigenvalue weighted by molar-refractivity contribution is 5.91. The Morgan fingerprint density at radius 1 is 1.35 bits per heavy atom. The number of piperidine rings is 1. The van der Waals surface area contributed by atoms with E-state index in [0.29, 0.717) is 36.9 Å². The summed E-state index contributed by atoms with van der Waals surface area (Å²) in [5.41, 5.74) is 5.45. The summed E-state index contributed by atoms with van der Waals surface area (Å²) >= 11 is 0. The molecule has 0 bridgehead atoms.